The zero-order valence-corrected chi connectivity index (χ0v) is 27.6. The fourth-order valence-corrected chi connectivity index (χ4v) is 3.67. The van der Waals surface area contributed by atoms with Crippen molar-refractivity contribution in [3.63, 3.8) is 0 Å². The molecule has 0 bridgehead atoms. The van der Waals surface area contributed by atoms with E-state index in [9.17, 15) is 15.3 Å². The van der Waals surface area contributed by atoms with Crippen LogP contribution in [0.5, 0.6) is 0 Å². The number of aliphatic hydroxyl groups is 3. The van der Waals surface area contributed by atoms with Gasteiger partial charge in [-0.05, 0) is 59.7 Å². The van der Waals surface area contributed by atoms with Gasteiger partial charge in [-0.2, -0.15) is 0 Å². The zero-order valence-electron chi connectivity index (χ0n) is 27.6. The van der Waals surface area contributed by atoms with Gasteiger partial charge in [0.2, 0.25) is 0 Å². The Morgan fingerprint density at radius 1 is 0.925 bits per heavy atom. The molecule has 1 aromatic carbocycles. The lowest BCUT2D eigenvalue weighted by molar-refractivity contribution is -0.890. The van der Waals surface area contributed by atoms with Gasteiger partial charge in [0.25, 0.3) is 0 Å². The highest BCUT2D eigenvalue weighted by atomic mass is 16.6. The third-order valence-corrected chi connectivity index (χ3v) is 6.64. The predicted molar refractivity (Wildman–Crippen MR) is 176 cm³/mol. The van der Waals surface area contributed by atoms with Gasteiger partial charge in [0.05, 0.1) is 39.4 Å². The highest BCUT2D eigenvalue weighted by molar-refractivity contribution is 5.41. The number of hydrogen-bond acceptors (Lipinski definition) is 7. The molecule has 8 nitrogen and oxygen atoms in total. The number of para-hydroxylation sites is 1. The minimum atomic E-state index is -1.58. The molecular formula is C32H72N3O5+. The molecular weight excluding hydrogens is 506 g/mol. The van der Waals surface area contributed by atoms with Crippen LogP contribution >= 0.6 is 0 Å². The quantitative estimate of drug-likeness (QED) is 0.228. The number of methoxy groups -OCH3 is 1. The van der Waals surface area contributed by atoms with Gasteiger partial charge in [-0.3, -0.25) is 0 Å². The molecule has 0 aromatic heterocycles. The Bertz CT molecular complexity index is 705. The smallest absolute Gasteiger partial charge is 0.182 e. The summed E-state index contributed by atoms with van der Waals surface area (Å²) < 4.78 is 11.5. The van der Waals surface area contributed by atoms with Crippen LogP contribution in [0.2, 0.25) is 0 Å². The van der Waals surface area contributed by atoms with Gasteiger partial charge in [0, 0.05) is 19.8 Å². The Morgan fingerprint density at radius 2 is 1.32 bits per heavy atom. The molecule has 1 saturated heterocycles. The first-order valence-corrected chi connectivity index (χ1v) is 13.7. The van der Waals surface area contributed by atoms with Crippen molar-refractivity contribution in [2.45, 2.75) is 113 Å². The van der Waals surface area contributed by atoms with Crippen molar-refractivity contribution in [1.82, 2.24) is 5.32 Å². The first-order chi connectivity index (χ1) is 17.2. The van der Waals surface area contributed by atoms with Crippen LogP contribution < -0.4 is 10.6 Å². The van der Waals surface area contributed by atoms with E-state index in [0.717, 1.165) is 22.8 Å². The maximum atomic E-state index is 10.8. The second-order valence-corrected chi connectivity index (χ2v) is 11.8. The molecule has 2 rings (SSSR count). The van der Waals surface area contributed by atoms with E-state index >= 15 is 0 Å². The average molecular weight is 579 g/mol. The lowest BCUT2D eigenvalue weighted by Crippen LogP contribution is -2.83. The molecule has 1 aromatic rings. The van der Waals surface area contributed by atoms with Crippen molar-refractivity contribution in [1.29, 1.82) is 0 Å². The zero-order chi connectivity index (χ0) is 31.0. The topological polar surface area (TPSA) is 103 Å². The van der Waals surface area contributed by atoms with Crippen molar-refractivity contribution in [3.05, 3.63) is 30.3 Å². The van der Waals surface area contributed by atoms with Gasteiger partial charge >= 0.3 is 0 Å². The molecule has 1 heterocycles. The van der Waals surface area contributed by atoms with E-state index in [1.54, 1.807) is 34.9 Å². The molecule has 1 fully saturated rings. The molecule has 244 valence electrons. The molecule has 0 amide bonds. The normalized spacial score (nSPS) is 28.6. The van der Waals surface area contributed by atoms with Crippen LogP contribution in [0.1, 0.15) is 84.1 Å². The van der Waals surface area contributed by atoms with Gasteiger partial charge in [-0.25, -0.2) is 0 Å². The summed E-state index contributed by atoms with van der Waals surface area (Å²) in [6.07, 6.45) is -0.361. The van der Waals surface area contributed by atoms with E-state index in [1.165, 1.54) is 6.92 Å². The maximum absolute atomic E-state index is 10.8. The molecule has 0 radical (unpaired) electrons. The number of anilines is 1. The third-order valence-electron chi connectivity index (χ3n) is 6.64. The van der Waals surface area contributed by atoms with Gasteiger partial charge < -0.3 is 39.9 Å². The summed E-state index contributed by atoms with van der Waals surface area (Å²) in [4.78, 5) is 0. The molecule has 1 aliphatic rings. The molecule has 5 unspecified atom stereocenters. The van der Waals surface area contributed by atoms with Gasteiger partial charge in [0.1, 0.15) is 16.8 Å². The lowest BCUT2D eigenvalue weighted by Gasteiger charge is -2.63. The molecule has 0 spiro atoms. The summed E-state index contributed by atoms with van der Waals surface area (Å²) >= 11 is 0. The minimum absolute atomic E-state index is 0. The number of rotatable bonds is 5. The number of nitrogens with one attached hydrogen (secondary N) is 2. The molecule has 8 heteroatoms. The first-order valence-electron chi connectivity index (χ1n) is 13.7. The molecule has 5 atom stereocenters. The largest absolute Gasteiger partial charge is 0.393 e. The number of quaternary nitrogens is 1. The van der Waals surface area contributed by atoms with Crippen LogP contribution in [0.25, 0.3) is 0 Å². The fourth-order valence-electron chi connectivity index (χ4n) is 3.67. The van der Waals surface area contributed by atoms with Crippen molar-refractivity contribution in [2.75, 3.05) is 61.0 Å². The SMILES string of the molecule is C.C.CC.CC(C)C.CNC1(C)C(C)OC(C)(CO)C(C)(O)C1(C)O.CNc1ccccc1.COC[N+](C)(C)C. The van der Waals surface area contributed by atoms with Crippen LogP contribution in [0.3, 0.4) is 0 Å². The summed E-state index contributed by atoms with van der Waals surface area (Å²) in [6, 6.07) is 10.1. The molecule has 40 heavy (non-hydrogen) atoms. The lowest BCUT2D eigenvalue weighted by atomic mass is 9.60. The van der Waals surface area contributed by atoms with Crippen LogP contribution in [0, 0.1) is 5.92 Å². The number of aliphatic hydroxyl groups excluding tert-OH is 1. The number of nitrogens with zero attached hydrogens (tertiary/aromatic N) is 1. The third kappa shape index (κ3) is 14.6. The summed E-state index contributed by atoms with van der Waals surface area (Å²) in [5, 5.41) is 36.9. The molecule has 1 aliphatic heterocycles. The number of hydrogen-bond donors (Lipinski definition) is 5. The highest BCUT2D eigenvalue weighted by Gasteiger charge is 2.68. The highest BCUT2D eigenvalue weighted by Crippen LogP contribution is 2.48. The number of benzene rings is 1. The van der Waals surface area contributed by atoms with Crippen molar-refractivity contribution < 1.29 is 29.3 Å². The Balaban J connectivity index is -0.000000149. The summed E-state index contributed by atoms with van der Waals surface area (Å²) in [6.45, 7) is 19.2. The van der Waals surface area contributed by atoms with Crippen molar-refractivity contribution in [2.24, 2.45) is 5.92 Å². The maximum Gasteiger partial charge on any atom is 0.182 e. The van der Waals surface area contributed by atoms with Gasteiger partial charge in [-0.1, -0.05) is 67.7 Å². The molecule has 0 aliphatic carbocycles. The van der Waals surface area contributed by atoms with E-state index in [0.29, 0.717) is 0 Å². The van der Waals surface area contributed by atoms with E-state index in [2.05, 4.69) is 52.5 Å². The molecule has 0 saturated carbocycles. The Morgan fingerprint density at radius 3 is 1.55 bits per heavy atom. The van der Waals surface area contributed by atoms with Crippen LogP contribution in [-0.4, -0.2) is 104 Å². The second-order valence-electron chi connectivity index (χ2n) is 11.8. The summed E-state index contributed by atoms with van der Waals surface area (Å²) in [5.41, 5.74) is -3.90. The van der Waals surface area contributed by atoms with E-state index in [4.69, 9.17) is 9.47 Å². The number of likely N-dealkylation sites (N-methyl/N-ethyl adjacent to an activating group) is 1. The van der Waals surface area contributed by atoms with E-state index < -0.39 is 22.3 Å². The Labute approximate surface area is 250 Å². The van der Waals surface area contributed by atoms with E-state index in [1.807, 2.05) is 58.2 Å². The van der Waals surface area contributed by atoms with Crippen LogP contribution in [0.15, 0.2) is 30.3 Å². The average Bonchev–Trinajstić information content (AvgIpc) is 2.83. The fraction of sp³-hybridized carbons (Fsp3) is 0.812. The van der Waals surface area contributed by atoms with Gasteiger partial charge in [0.15, 0.2) is 6.73 Å². The Kier molecular flexibility index (Phi) is 26.0. The summed E-state index contributed by atoms with van der Waals surface area (Å²) in [5.74, 6) is 0.833. The minimum Gasteiger partial charge on any atom is -0.393 e. The monoisotopic (exact) mass is 579 g/mol. The van der Waals surface area contributed by atoms with E-state index in [-0.39, 0.29) is 27.6 Å². The summed E-state index contributed by atoms with van der Waals surface area (Å²) in [7, 11) is 11.6. The molecule has 5 N–H and O–H groups in total. The first kappa shape index (κ1) is 48.5. The van der Waals surface area contributed by atoms with Crippen molar-refractivity contribution in [3.8, 4) is 0 Å². The Hall–Kier alpha value is -1.26. The van der Waals surface area contributed by atoms with Gasteiger partial charge in [-0.15, -0.1) is 0 Å². The van der Waals surface area contributed by atoms with Crippen LogP contribution in [0.4, 0.5) is 5.69 Å². The van der Waals surface area contributed by atoms with Crippen LogP contribution in [-0.2, 0) is 9.47 Å². The second kappa shape index (κ2) is 21.4. The van der Waals surface area contributed by atoms with Crippen molar-refractivity contribution >= 4 is 5.69 Å². The number of ether oxygens (including phenoxy) is 2. The predicted octanol–water partition coefficient (Wildman–Crippen LogP) is 5.62. The standard InChI is InChI=1S/C12H25NO4.C7H9N.C5H14NO.C4H10.C2H6.2CH4/c1-8-10(3,13-6)12(5,16)11(4,15)9(2,7-14)17-8;1-8-7-5-3-2-4-6-7;1-6(2,3)5-7-4;1-4(2)3;1-2;;/h8,13-16H,7H2,1-6H3;2-6,8H,1H3;5H2,1-4H3;4H,1-3H3;1-2H3;2*1H4/q;;+1;;;;.